The molecule has 0 fully saturated rings. The van der Waals surface area contributed by atoms with Gasteiger partial charge in [0.05, 0.1) is 23.6 Å². The molecule has 0 radical (unpaired) electrons. The molecule has 6 heteroatoms. The second-order valence-corrected chi connectivity index (χ2v) is 3.92. The summed E-state index contributed by atoms with van der Waals surface area (Å²) < 4.78 is 4.54. The summed E-state index contributed by atoms with van der Waals surface area (Å²) in [4.78, 5) is 21.9. The molecule has 0 unspecified atom stereocenters. The van der Waals surface area contributed by atoms with Crippen LogP contribution in [0.1, 0.15) is 10.4 Å². The van der Waals surface area contributed by atoms with Gasteiger partial charge in [0.15, 0.2) is 0 Å². The fourth-order valence-electron chi connectivity index (χ4n) is 1.76. The molecule has 1 aliphatic rings. The van der Waals surface area contributed by atoms with Crippen LogP contribution in [0.2, 0.25) is 0 Å². The number of rotatable bonds is 4. The van der Waals surface area contributed by atoms with E-state index >= 15 is 0 Å². The lowest BCUT2D eigenvalue weighted by atomic mass is 10.1. The lowest BCUT2D eigenvalue weighted by Crippen LogP contribution is -2.13. The third kappa shape index (κ3) is 2.79. The summed E-state index contributed by atoms with van der Waals surface area (Å²) in [7, 11) is 1.23. The highest BCUT2D eigenvalue weighted by Gasteiger charge is 2.19. The SMILES string of the molecule is COC(=O)c1ccc(NC2C=CC=C2)c([N+](=O)[O-])c1. The van der Waals surface area contributed by atoms with Crippen LogP contribution in [0.25, 0.3) is 0 Å². The molecule has 19 heavy (non-hydrogen) atoms. The Morgan fingerprint density at radius 3 is 2.63 bits per heavy atom. The van der Waals surface area contributed by atoms with E-state index in [0.717, 1.165) is 0 Å². The van der Waals surface area contributed by atoms with Gasteiger partial charge in [-0.05, 0) is 12.1 Å². The minimum Gasteiger partial charge on any atom is -0.465 e. The average Bonchev–Trinajstić information content (AvgIpc) is 2.91. The number of nitro groups is 1. The van der Waals surface area contributed by atoms with E-state index in [0.29, 0.717) is 5.69 Å². The summed E-state index contributed by atoms with van der Waals surface area (Å²) in [5, 5.41) is 14.0. The van der Waals surface area contributed by atoms with E-state index in [9.17, 15) is 14.9 Å². The maximum atomic E-state index is 11.4. The Balaban J connectivity index is 2.32. The van der Waals surface area contributed by atoms with Crippen molar-refractivity contribution in [3.63, 3.8) is 0 Å². The van der Waals surface area contributed by atoms with Crippen molar-refractivity contribution >= 4 is 17.3 Å². The molecule has 1 aromatic rings. The smallest absolute Gasteiger partial charge is 0.338 e. The second-order valence-electron chi connectivity index (χ2n) is 3.92. The van der Waals surface area contributed by atoms with Gasteiger partial charge >= 0.3 is 5.97 Å². The Bertz CT molecular complexity index is 566. The van der Waals surface area contributed by atoms with Crippen molar-refractivity contribution in [1.82, 2.24) is 0 Å². The number of anilines is 1. The van der Waals surface area contributed by atoms with E-state index in [1.807, 2.05) is 24.3 Å². The van der Waals surface area contributed by atoms with Gasteiger partial charge in [-0.25, -0.2) is 4.79 Å². The lowest BCUT2D eigenvalue weighted by molar-refractivity contribution is -0.384. The number of hydrogen-bond donors (Lipinski definition) is 1. The molecule has 1 aliphatic carbocycles. The molecule has 0 saturated heterocycles. The van der Waals surface area contributed by atoms with Gasteiger partial charge in [-0.2, -0.15) is 0 Å². The van der Waals surface area contributed by atoms with Crippen molar-refractivity contribution in [2.45, 2.75) is 6.04 Å². The number of esters is 1. The molecule has 2 rings (SSSR count). The van der Waals surface area contributed by atoms with E-state index in [4.69, 9.17) is 0 Å². The first-order chi connectivity index (χ1) is 9.11. The van der Waals surface area contributed by atoms with Gasteiger partial charge in [0, 0.05) is 6.07 Å². The number of carbonyl (C=O) groups excluding carboxylic acids is 1. The Morgan fingerprint density at radius 2 is 2.05 bits per heavy atom. The minimum absolute atomic E-state index is 0.0809. The summed E-state index contributed by atoms with van der Waals surface area (Å²) in [5.41, 5.74) is 0.354. The van der Waals surface area contributed by atoms with Crippen molar-refractivity contribution < 1.29 is 14.5 Å². The van der Waals surface area contributed by atoms with Gasteiger partial charge < -0.3 is 10.1 Å². The van der Waals surface area contributed by atoms with E-state index in [2.05, 4.69) is 10.1 Å². The summed E-state index contributed by atoms with van der Waals surface area (Å²) in [6.07, 6.45) is 7.45. The van der Waals surface area contributed by atoms with Crippen LogP contribution < -0.4 is 5.32 Å². The number of nitro benzene ring substituents is 1. The fourth-order valence-corrected chi connectivity index (χ4v) is 1.76. The Labute approximate surface area is 109 Å². The first kappa shape index (κ1) is 12.8. The van der Waals surface area contributed by atoms with Gasteiger partial charge in [0.25, 0.3) is 5.69 Å². The molecular formula is C13H12N2O4. The van der Waals surface area contributed by atoms with Crippen LogP contribution in [0.5, 0.6) is 0 Å². The second kappa shape index (κ2) is 5.34. The molecule has 6 nitrogen and oxygen atoms in total. The zero-order chi connectivity index (χ0) is 13.8. The molecule has 0 atom stereocenters. The average molecular weight is 260 g/mol. The molecule has 1 aromatic carbocycles. The quantitative estimate of drug-likeness (QED) is 0.510. The van der Waals surface area contributed by atoms with Gasteiger partial charge in [-0.3, -0.25) is 10.1 Å². The molecule has 0 aromatic heterocycles. The number of benzene rings is 1. The van der Waals surface area contributed by atoms with Crippen LogP contribution in [0, 0.1) is 10.1 Å². The van der Waals surface area contributed by atoms with Gasteiger partial charge in [-0.15, -0.1) is 0 Å². The third-order valence-electron chi connectivity index (χ3n) is 2.69. The predicted octanol–water partition coefficient (Wildman–Crippen LogP) is 2.29. The molecule has 0 saturated carbocycles. The first-order valence-electron chi connectivity index (χ1n) is 5.60. The first-order valence-corrected chi connectivity index (χ1v) is 5.60. The van der Waals surface area contributed by atoms with E-state index in [1.165, 1.54) is 25.3 Å². The third-order valence-corrected chi connectivity index (χ3v) is 2.69. The largest absolute Gasteiger partial charge is 0.465 e. The van der Waals surface area contributed by atoms with Crippen LogP contribution >= 0.6 is 0 Å². The molecule has 0 amide bonds. The van der Waals surface area contributed by atoms with E-state index in [-0.39, 0.29) is 17.3 Å². The van der Waals surface area contributed by atoms with Crippen LogP contribution in [0.4, 0.5) is 11.4 Å². The van der Waals surface area contributed by atoms with Crippen molar-refractivity contribution in [3.8, 4) is 0 Å². The maximum Gasteiger partial charge on any atom is 0.338 e. The van der Waals surface area contributed by atoms with Gasteiger partial charge in [0.2, 0.25) is 0 Å². The number of ether oxygens (including phenoxy) is 1. The van der Waals surface area contributed by atoms with E-state index < -0.39 is 10.9 Å². The number of nitrogens with one attached hydrogen (secondary N) is 1. The molecule has 0 aliphatic heterocycles. The van der Waals surface area contributed by atoms with Crippen LogP contribution in [0.15, 0.2) is 42.5 Å². The lowest BCUT2D eigenvalue weighted by Gasteiger charge is -2.11. The van der Waals surface area contributed by atoms with Crippen LogP contribution in [-0.4, -0.2) is 24.0 Å². The van der Waals surface area contributed by atoms with Gasteiger partial charge in [-0.1, -0.05) is 24.3 Å². The number of methoxy groups -OCH3 is 1. The predicted molar refractivity (Wildman–Crippen MR) is 70.1 cm³/mol. The number of nitrogens with zero attached hydrogens (tertiary/aromatic N) is 1. The fraction of sp³-hybridized carbons (Fsp3) is 0.154. The van der Waals surface area contributed by atoms with Crippen LogP contribution in [-0.2, 0) is 4.74 Å². The minimum atomic E-state index is -0.602. The summed E-state index contributed by atoms with van der Waals surface area (Å²) in [6.45, 7) is 0. The van der Waals surface area contributed by atoms with Crippen molar-refractivity contribution in [2.75, 3.05) is 12.4 Å². The molecule has 1 N–H and O–H groups in total. The van der Waals surface area contributed by atoms with Crippen LogP contribution in [0.3, 0.4) is 0 Å². The monoisotopic (exact) mass is 260 g/mol. The number of hydrogen-bond acceptors (Lipinski definition) is 5. The number of carbonyl (C=O) groups is 1. The zero-order valence-corrected chi connectivity index (χ0v) is 10.2. The summed E-state index contributed by atoms with van der Waals surface area (Å²) in [6, 6.07) is 4.12. The molecule has 0 spiro atoms. The maximum absolute atomic E-state index is 11.4. The van der Waals surface area contributed by atoms with Crippen molar-refractivity contribution in [2.24, 2.45) is 0 Å². The zero-order valence-electron chi connectivity index (χ0n) is 10.2. The van der Waals surface area contributed by atoms with Crippen molar-refractivity contribution in [3.05, 3.63) is 58.2 Å². The Morgan fingerprint density at radius 1 is 1.37 bits per heavy atom. The highest BCUT2D eigenvalue weighted by molar-refractivity contribution is 5.91. The Hall–Kier alpha value is -2.63. The van der Waals surface area contributed by atoms with Crippen molar-refractivity contribution in [1.29, 1.82) is 0 Å². The molecular weight excluding hydrogens is 248 g/mol. The highest BCUT2D eigenvalue weighted by atomic mass is 16.6. The molecule has 0 heterocycles. The number of allylic oxidation sites excluding steroid dienone is 2. The molecule has 0 bridgehead atoms. The summed E-state index contributed by atoms with van der Waals surface area (Å²) >= 11 is 0. The molecule has 98 valence electrons. The topological polar surface area (TPSA) is 81.5 Å². The van der Waals surface area contributed by atoms with E-state index in [1.54, 1.807) is 0 Å². The highest BCUT2D eigenvalue weighted by Crippen LogP contribution is 2.27. The summed E-state index contributed by atoms with van der Waals surface area (Å²) in [5.74, 6) is -0.602. The Kier molecular flexibility index (Phi) is 3.61. The normalized spacial score (nSPS) is 13.5. The van der Waals surface area contributed by atoms with Gasteiger partial charge in [0.1, 0.15) is 5.69 Å². The standard InChI is InChI=1S/C13H12N2O4/c1-19-13(16)9-6-7-11(12(8-9)15(17)18)14-10-4-2-3-5-10/h2-8,10,14H,1H3.